The number of nitriles is 1. The SMILES string of the molecule is COc1cccc(-c2cnc(C#N)[nH]c2=O)c1. The molecule has 0 bridgehead atoms. The lowest BCUT2D eigenvalue weighted by molar-refractivity contribution is 0.415. The Labute approximate surface area is 97.3 Å². The fourth-order valence-electron chi connectivity index (χ4n) is 1.45. The van der Waals surface area contributed by atoms with Gasteiger partial charge in [-0.05, 0) is 17.7 Å². The first kappa shape index (κ1) is 10.9. The molecule has 0 spiro atoms. The van der Waals surface area contributed by atoms with E-state index in [1.807, 2.05) is 0 Å². The Hall–Kier alpha value is -2.61. The highest BCUT2D eigenvalue weighted by atomic mass is 16.5. The molecule has 1 N–H and O–H groups in total. The fourth-order valence-corrected chi connectivity index (χ4v) is 1.45. The van der Waals surface area contributed by atoms with Crippen LogP contribution in [0.3, 0.4) is 0 Å². The molecule has 0 atom stereocenters. The summed E-state index contributed by atoms with van der Waals surface area (Å²) >= 11 is 0. The number of H-pyrrole nitrogens is 1. The van der Waals surface area contributed by atoms with Crippen LogP contribution in [0.5, 0.6) is 5.75 Å². The highest BCUT2D eigenvalue weighted by Crippen LogP contribution is 2.20. The number of ether oxygens (including phenoxy) is 1. The summed E-state index contributed by atoms with van der Waals surface area (Å²) in [6.45, 7) is 0. The van der Waals surface area contributed by atoms with E-state index in [9.17, 15) is 4.79 Å². The monoisotopic (exact) mass is 227 g/mol. The quantitative estimate of drug-likeness (QED) is 0.839. The summed E-state index contributed by atoms with van der Waals surface area (Å²) in [4.78, 5) is 17.9. The zero-order chi connectivity index (χ0) is 12.3. The van der Waals surface area contributed by atoms with Crippen LogP contribution in [-0.4, -0.2) is 17.1 Å². The summed E-state index contributed by atoms with van der Waals surface area (Å²) in [5.74, 6) is 0.660. The van der Waals surface area contributed by atoms with Gasteiger partial charge in [-0.1, -0.05) is 12.1 Å². The zero-order valence-electron chi connectivity index (χ0n) is 9.10. The number of rotatable bonds is 2. The molecule has 84 valence electrons. The van der Waals surface area contributed by atoms with Gasteiger partial charge < -0.3 is 4.74 Å². The van der Waals surface area contributed by atoms with Crippen molar-refractivity contribution < 1.29 is 4.74 Å². The van der Waals surface area contributed by atoms with Crippen molar-refractivity contribution >= 4 is 0 Å². The van der Waals surface area contributed by atoms with Crippen LogP contribution >= 0.6 is 0 Å². The van der Waals surface area contributed by atoms with Crippen LogP contribution in [0.2, 0.25) is 0 Å². The molecule has 5 nitrogen and oxygen atoms in total. The second kappa shape index (κ2) is 4.49. The van der Waals surface area contributed by atoms with Crippen LogP contribution in [0, 0.1) is 11.3 Å². The predicted octanol–water partition coefficient (Wildman–Crippen LogP) is 1.32. The summed E-state index contributed by atoms with van der Waals surface area (Å²) in [5.41, 5.74) is 0.760. The van der Waals surface area contributed by atoms with Crippen molar-refractivity contribution in [2.24, 2.45) is 0 Å². The first-order valence-electron chi connectivity index (χ1n) is 4.88. The topological polar surface area (TPSA) is 78.8 Å². The molecule has 0 aliphatic carbocycles. The van der Waals surface area contributed by atoms with Crippen molar-refractivity contribution in [3.63, 3.8) is 0 Å². The first-order valence-corrected chi connectivity index (χ1v) is 4.88. The zero-order valence-corrected chi connectivity index (χ0v) is 9.10. The highest BCUT2D eigenvalue weighted by molar-refractivity contribution is 5.63. The third-order valence-electron chi connectivity index (χ3n) is 2.29. The molecule has 0 saturated carbocycles. The number of methoxy groups -OCH3 is 1. The van der Waals surface area contributed by atoms with Gasteiger partial charge >= 0.3 is 0 Å². The molecule has 0 radical (unpaired) electrons. The number of benzene rings is 1. The Balaban J connectivity index is 2.54. The maximum absolute atomic E-state index is 11.7. The predicted molar refractivity (Wildman–Crippen MR) is 61.6 cm³/mol. The van der Waals surface area contributed by atoms with Gasteiger partial charge in [0.25, 0.3) is 5.56 Å². The highest BCUT2D eigenvalue weighted by Gasteiger charge is 2.05. The molecule has 17 heavy (non-hydrogen) atoms. The van der Waals surface area contributed by atoms with E-state index in [1.165, 1.54) is 6.20 Å². The van der Waals surface area contributed by atoms with Gasteiger partial charge in [0, 0.05) is 6.20 Å². The molecule has 0 saturated heterocycles. The molecule has 0 aliphatic rings. The Morgan fingerprint density at radius 2 is 2.29 bits per heavy atom. The molecule has 0 unspecified atom stereocenters. The Kier molecular flexibility index (Phi) is 2.88. The number of aromatic amines is 1. The standard InChI is InChI=1S/C12H9N3O2/c1-17-9-4-2-3-8(5-9)10-7-14-11(6-13)15-12(10)16/h2-5,7H,1H3,(H,14,15,16). The van der Waals surface area contributed by atoms with Gasteiger partial charge in [-0.25, -0.2) is 4.98 Å². The molecule has 2 rings (SSSR count). The number of nitrogens with one attached hydrogen (secondary N) is 1. The first-order chi connectivity index (χ1) is 8.24. The minimum absolute atomic E-state index is 0.00152. The number of aromatic nitrogens is 2. The van der Waals surface area contributed by atoms with Crippen LogP contribution in [0.25, 0.3) is 11.1 Å². The summed E-state index contributed by atoms with van der Waals surface area (Å²) < 4.78 is 5.08. The summed E-state index contributed by atoms with van der Waals surface area (Å²) in [6.07, 6.45) is 1.38. The van der Waals surface area contributed by atoms with E-state index in [4.69, 9.17) is 10.00 Å². The van der Waals surface area contributed by atoms with Gasteiger partial charge in [0.15, 0.2) is 0 Å². The maximum Gasteiger partial charge on any atom is 0.259 e. The fraction of sp³-hybridized carbons (Fsp3) is 0.0833. The molecule has 1 aromatic heterocycles. The molecule has 1 aromatic carbocycles. The van der Waals surface area contributed by atoms with Crippen molar-refractivity contribution in [3.8, 4) is 22.9 Å². The molecular weight excluding hydrogens is 218 g/mol. The van der Waals surface area contributed by atoms with Crippen LogP contribution < -0.4 is 10.3 Å². The third-order valence-corrected chi connectivity index (χ3v) is 2.29. The average Bonchev–Trinajstić information content (AvgIpc) is 2.38. The van der Waals surface area contributed by atoms with Gasteiger partial charge in [-0.3, -0.25) is 9.78 Å². The van der Waals surface area contributed by atoms with Gasteiger partial charge in [-0.2, -0.15) is 5.26 Å². The lowest BCUT2D eigenvalue weighted by Crippen LogP contribution is -2.11. The van der Waals surface area contributed by atoms with E-state index in [0.29, 0.717) is 16.9 Å². The van der Waals surface area contributed by atoms with E-state index < -0.39 is 0 Å². The number of hydrogen-bond acceptors (Lipinski definition) is 4. The summed E-state index contributed by atoms with van der Waals surface area (Å²) in [7, 11) is 1.56. The van der Waals surface area contributed by atoms with E-state index in [1.54, 1.807) is 37.4 Å². The largest absolute Gasteiger partial charge is 0.497 e. The van der Waals surface area contributed by atoms with Crippen LogP contribution in [-0.2, 0) is 0 Å². The van der Waals surface area contributed by atoms with E-state index in [0.717, 1.165) is 0 Å². The van der Waals surface area contributed by atoms with Crippen LogP contribution in [0.4, 0.5) is 0 Å². The molecule has 1 heterocycles. The second-order valence-electron chi connectivity index (χ2n) is 3.32. The van der Waals surface area contributed by atoms with E-state index in [2.05, 4.69) is 9.97 Å². The lowest BCUT2D eigenvalue weighted by atomic mass is 10.1. The minimum atomic E-state index is -0.343. The Morgan fingerprint density at radius 3 is 2.94 bits per heavy atom. The Bertz CT molecular complexity index is 641. The third kappa shape index (κ3) is 2.16. The van der Waals surface area contributed by atoms with Crippen LogP contribution in [0.15, 0.2) is 35.3 Å². The van der Waals surface area contributed by atoms with E-state index >= 15 is 0 Å². The average molecular weight is 227 g/mol. The molecule has 0 aliphatic heterocycles. The van der Waals surface area contributed by atoms with Crippen molar-refractivity contribution in [2.75, 3.05) is 7.11 Å². The smallest absolute Gasteiger partial charge is 0.259 e. The van der Waals surface area contributed by atoms with Crippen molar-refractivity contribution in [3.05, 3.63) is 46.6 Å². The molecule has 0 amide bonds. The molecular formula is C12H9N3O2. The second-order valence-corrected chi connectivity index (χ2v) is 3.32. The van der Waals surface area contributed by atoms with Gasteiger partial charge in [0.2, 0.25) is 5.82 Å². The van der Waals surface area contributed by atoms with Crippen LogP contribution in [0.1, 0.15) is 5.82 Å². The lowest BCUT2D eigenvalue weighted by Gasteiger charge is -2.03. The summed E-state index contributed by atoms with van der Waals surface area (Å²) in [5, 5.41) is 8.60. The van der Waals surface area contributed by atoms with Gasteiger partial charge in [0.1, 0.15) is 11.8 Å². The Morgan fingerprint density at radius 1 is 1.47 bits per heavy atom. The van der Waals surface area contributed by atoms with Gasteiger partial charge in [0.05, 0.1) is 12.7 Å². The van der Waals surface area contributed by atoms with Crippen molar-refractivity contribution in [1.82, 2.24) is 9.97 Å². The molecule has 5 heteroatoms. The number of hydrogen-bond donors (Lipinski definition) is 1. The van der Waals surface area contributed by atoms with Gasteiger partial charge in [-0.15, -0.1) is 0 Å². The molecule has 2 aromatic rings. The minimum Gasteiger partial charge on any atom is -0.497 e. The molecule has 0 fully saturated rings. The number of nitrogens with zero attached hydrogens (tertiary/aromatic N) is 2. The van der Waals surface area contributed by atoms with E-state index in [-0.39, 0.29) is 11.4 Å². The maximum atomic E-state index is 11.7. The van der Waals surface area contributed by atoms with Crippen molar-refractivity contribution in [2.45, 2.75) is 0 Å². The summed E-state index contributed by atoms with van der Waals surface area (Å²) in [6, 6.07) is 8.86. The van der Waals surface area contributed by atoms with Crippen molar-refractivity contribution in [1.29, 1.82) is 5.26 Å². The normalized spacial score (nSPS) is 9.65.